The standard InChI is InChI=1S/C17H30N2S/c1-12(2)9-10-17(6,19-13-7-8-13)15-18-14(11-20-15)16(3,4)5/h11-13,19H,7-10H2,1-6H3. The Labute approximate surface area is 128 Å². The van der Waals surface area contributed by atoms with Crippen LogP contribution in [0.1, 0.15) is 77.9 Å². The van der Waals surface area contributed by atoms with Crippen LogP contribution in [-0.2, 0) is 11.0 Å². The molecule has 1 unspecified atom stereocenters. The maximum absolute atomic E-state index is 4.97. The van der Waals surface area contributed by atoms with Gasteiger partial charge < -0.3 is 5.32 Å². The fourth-order valence-corrected chi connectivity index (χ4v) is 3.57. The fourth-order valence-electron chi connectivity index (χ4n) is 2.37. The van der Waals surface area contributed by atoms with Gasteiger partial charge in [0.05, 0.1) is 11.2 Å². The zero-order chi connectivity index (χ0) is 15.0. The van der Waals surface area contributed by atoms with Gasteiger partial charge >= 0.3 is 0 Å². The van der Waals surface area contributed by atoms with E-state index in [1.165, 1.54) is 36.4 Å². The van der Waals surface area contributed by atoms with Crippen LogP contribution in [0.5, 0.6) is 0 Å². The molecule has 1 aliphatic carbocycles. The van der Waals surface area contributed by atoms with Crippen molar-refractivity contribution < 1.29 is 0 Å². The summed E-state index contributed by atoms with van der Waals surface area (Å²) in [5.74, 6) is 0.748. The predicted molar refractivity (Wildman–Crippen MR) is 88.4 cm³/mol. The smallest absolute Gasteiger partial charge is 0.113 e. The molecule has 1 saturated carbocycles. The average Bonchev–Trinajstić information content (AvgIpc) is 2.96. The van der Waals surface area contributed by atoms with Crippen LogP contribution in [0.25, 0.3) is 0 Å². The third-order valence-electron chi connectivity index (χ3n) is 4.07. The first-order chi connectivity index (χ1) is 9.21. The molecule has 0 aliphatic heterocycles. The van der Waals surface area contributed by atoms with E-state index >= 15 is 0 Å². The molecule has 1 fully saturated rings. The molecule has 1 heterocycles. The van der Waals surface area contributed by atoms with Crippen molar-refractivity contribution in [2.24, 2.45) is 5.92 Å². The average molecular weight is 295 g/mol. The van der Waals surface area contributed by atoms with E-state index in [0.29, 0.717) is 6.04 Å². The minimum Gasteiger partial charge on any atom is -0.303 e. The molecule has 114 valence electrons. The van der Waals surface area contributed by atoms with Gasteiger partial charge in [0.25, 0.3) is 0 Å². The van der Waals surface area contributed by atoms with Gasteiger partial charge in [-0.05, 0) is 38.5 Å². The first-order valence-corrected chi connectivity index (χ1v) is 8.83. The molecule has 1 N–H and O–H groups in total. The lowest BCUT2D eigenvalue weighted by atomic mass is 9.91. The molecular weight excluding hydrogens is 264 g/mol. The zero-order valence-corrected chi connectivity index (χ0v) is 14.7. The van der Waals surface area contributed by atoms with E-state index in [4.69, 9.17) is 4.98 Å². The van der Waals surface area contributed by atoms with Gasteiger partial charge in [-0.25, -0.2) is 4.98 Å². The molecular formula is C17H30N2S. The Hall–Kier alpha value is -0.410. The summed E-state index contributed by atoms with van der Waals surface area (Å²) in [6, 6.07) is 0.717. The number of rotatable bonds is 6. The van der Waals surface area contributed by atoms with Gasteiger partial charge in [-0.2, -0.15) is 0 Å². The van der Waals surface area contributed by atoms with Gasteiger partial charge in [0.15, 0.2) is 0 Å². The van der Waals surface area contributed by atoms with Crippen LogP contribution < -0.4 is 5.32 Å². The second kappa shape index (κ2) is 5.76. The summed E-state index contributed by atoms with van der Waals surface area (Å²) < 4.78 is 0. The second-order valence-electron chi connectivity index (χ2n) is 7.97. The molecule has 2 nitrogen and oxygen atoms in total. The van der Waals surface area contributed by atoms with E-state index in [1.54, 1.807) is 0 Å². The van der Waals surface area contributed by atoms with Crippen LogP contribution in [0.2, 0.25) is 0 Å². The lowest BCUT2D eigenvalue weighted by Crippen LogP contribution is -2.41. The highest BCUT2D eigenvalue weighted by molar-refractivity contribution is 7.09. The van der Waals surface area contributed by atoms with Crippen molar-refractivity contribution >= 4 is 11.3 Å². The molecule has 20 heavy (non-hydrogen) atoms. The third-order valence-corrected chi connectivity index (χ3v) is 5.17. The maximum Gasteiger partial charge on any atom is 0.113 e. The first-order valence-electron chi connectivity index (χ1n) is 7.95. The Morgan fingerprint density at radius 3 is 2.40 bits per heavy atom. The highest BCUT2D eigenvalue weighted by Crippen LogP contribution is 2.36. The van der Waals surface area contributed by atoms with Crippen LogP contribution in [0.3, 0.4) is 0 Å². The third kappa shape index (κ3) is 4.05. The lowest BCUT2D eigenvalue weighted by Gasteiger charge is -2.30. The number of hydrogen-bond acceptors (Lipinski definition) is 3. The summed E-state index contributed by atoms with van der Waals surface area (Å²) in [4.78, 5) is 4.97. The highest BCUT2D eigenvalue weighted by atomic mass is 32.1. The van der Waals surface area contributed by atoms with Crippen molar-refractivity contribution in [3.63, 3.8) is 0 Å². The maximum atomic E-state index is 4.97. The topological polar surface area (TPSA) is 24.9 Å². The number of hydrogen-bond donors (Lipinski definition) is 1. The summed E-state index contributed by atoms with van der Waals surface area (Å²) in [6.45, 7) is 13.7. The van der Waals surface area contributed by atoms with E-state index in [9.17, 15) is 0 Å². The van der Waals surface area contributed by atoms with Crippen molar-refractivity contribution in [2.75, 3.05) is 0 Å². The Bertz CT molecular complexity index is 440. The number of thiazole rings is 1. The number of nitrogens with one attached hydrogen (secondary N) is 1. The van der Waals surface area contributed by atoms with Crippen molar-refractivity contribution in [3.05, 3.63) is 16.1 Å². The van der Waals surface area contributed by atoms with Crippen LogP contribution in [0.15, 0.2) is 5.38 Å². The molecule has 0 bridgehead atoms. The number of aromatic nitrogens is 1. The molecule has 0 spiro atoms. The monoisotopic (exact) mass is 294 g/mol. The molecule has 2 rings (SSSR count). The Kier molecular flexibility index (Phi) is 4.60. The molecule has 1 aromatic rings. The van der Waals surface area contributed by atoms with Gasteiger partial charge in [0.1, 0.15) is 5.01 Å². The van der Waals surface area contributed by atoms with Crippen LogP contribution in [-0.4, -0.2) is 11.0 Å². The summed E-state index contributed by atoms with van der Waals surface area (Å²) in [5, 5.41) is 7.37. The molecule has 0 saturated heterocycles. The zero-order valence-electron chi connectivity index (χ0n) is 13.9. The minimum absolute atomic E-state index is 0.0552. The van der Waals surface area contributed by atoms with E-state index in [1.807, 2.05) is 11.3 Å². The van der Waals surface area contributed by atoms with Crippen LogP contribution in [0.4, 0.5) is 0 Å². The first kappa shape index (κ1) is 16.0. The molecule has 0 radical (unpaired) electrons. The van der Waals surface area contributed by atoms with Gasteiger partial charge in [0.2, 0.25) is 0 Å². The highest BCUT2D eigenvalue weighted by Gasteiger charge is 2.36. The fraction of sp³-hybridized carbons (Fsp3) is 0.824. The van der Waals surface area contributed by atoms with Crippen LogP contribution in [0, 0.1) is 5.92 Å². The normalized spacial score (nSPS) is 19.4. The lowest BCUT2D eigenvalue weighted by molar-refractivity contribution is 0.307. The van der Waals surface area contributed by atoms with Crippen LogP contribution >= 0.6 is 11.3 Å². The SMILES string of the molecule is CC(C)CCC(C)(NC1CC1)c1nc(C(C)(C)C)cs1. The molecule has 1 aromatic heterocycles. The Morgan fingerprint density at radius 2 is 1.95 bits per heavy atom. The summed E-state index contributed by atoms with van der Waals surface area (Å²) in [6.07, 6.45) is 5.09. The largest absolute Gasteiger partial charge is 0.303 e. The van der Waals surface area contributed by atoms with E-state index in [2.05, 4.69) is 52.2 Å². The van der Waals surface area contributed by atoms with Crippen molar-refractivity contribution in [1.29, 1.82) is 0 Å². The number of nitrogens with zero attached hydrogens (tertiary/aromatic N) is 1. The molecule has 0 amide bonds. The van der Waals surface area contributed by atoms with E-state index in [-0.39, 0.29) is 11.0 Å². The molecule has 1 atom stereocenters. The van der Waals surface area contributed by atoms with Gasteiger partial charge in [-0.15, -0.1) is 11.3 Å². The second-order valence-corrected chi connectivity index (χ2v) is 8.83. The minimum atomic E-state index is 0.0552. The summed E-state index contributed by atoms with van der Waals surface area (Å²) in [7, 11) is 0. The van der Waals surface area contributed by atoms with Crippen molar-refractivity contribution in [1.82, 2.24) is 10.3 Å². The van der Waals surface area contributed by atoms with E-state index < -0.39 is 0 Å². The molecule has 0 aromatic carbocycles. The van der Waals surface area contributed by atoms with Gasteiger partial charge in [-0.3, -0.25) is 0 Å². The molecule has 3 heteroatoms. The van der Waals surface area contributed by atoms with Gasteiger partial charge in [0, 0.05) is 16.8 Å². The summed E-state index contributed by atoms with van der Waals surface area (Å²) >= 11 is 1.83. The van der Waals surface area contributed by atoms with Gasteiger partial charge in [-0.1, -0.05) is 34.6 Å². The van der Waals surface area contributed by atoms with Crippen molar-refractivity contribution in [2.45, 2.75) is 84.2 Å². The quantitative estimate of drug-likeness (QED) is 0.811. The summed E-state index contributed by atoms with van der Waals surface area (Å²) in [5.41, 5.74) is 1.43. The predicted octanol–water partition coefficient (Wildman–Crippen LogP) is 4.84. The van der Waals surface area contributed by atoms with E-state index in [0.717, 1.165) is 5.92 Å². The molecule has 1 aliphatic rings. The Morgan fingerprint density at radius 1 is 1.30 bits per heavy atom. The Balaban J connectivity index is 2.18. The van der Waals surface area contributed by atoms with Crippen molar-refractivity contribution in [3.8, 4) is 0 Å².